The van der Waals surface area contributed by atoms with Crippen LogP contribution in [-0.4, -0.2) is 29.0 Å². The van der Waals surface area contributed by atoms with Crippen molar-refractivity contribution in [1.29, 1.82) is 0 Å². The van der Waals surface area contributed by atoms with Crippen molar-refractivity contribution in [1.82, 2.24) is 0 Å². The first kappa shape index (κ1) is 15.9. The number of aliphatic hydroxyl groups excluding tert-OH is 2. The van der Waals surface area contributed by atoms with Crippen molar-refractivity contribution in [2.24, 2.45) is 11.7 Å². The molecule has 0 radical (unpaired) electrons. The number of rotatable bonds is 10. The molecule has 0 aromatic rings. The molecule has 0 spiro atoms. The highest BCUT2D eigenvalue weighted by Gasteiger charge is 2.24. The summed E-state index contributed by atoms with van der Waals surface area (Å²) in [5.74, 6) is 0.700. The van der Waals surface area contributed by atoms with Gasteiger partial charge in [-0.3, -0.25) is 0 Å². The SMILES string of the molecule is CCCCC(CCC)CCC(N)(CO)CO. The molecule has 0 aliphatic heterocycles. The summed E-state index contributed by atoms with van der Waals surface area (Å²) in [5.41, 5.74) is 5.09. The van der Waals surface area contributed by atoms with E-state index in [2.05, 4.69) is 13.8 Å². The third-order valence-electron chi connectivity index (χ3n) is 3.34. The lowest BCUT2D eigenvalue weighted by molar-refractivity contribution is 0.107. The van der Waals surface area contributed by atoms with E-state index < -0.39 is 5.54 Å². The molecule has 0 aliphatic rings. The molecule has 0 bridgehead atoms. The molecule has 0 fully saturated rings. The van der Waals surface area contributed by atoms with Crippen molar-refractivity contribution in [3.8, 4) is 0 Å². The van der Waals surface area contributed by atoms with Gasteiger partial charge in [-0.15, -0.1) is 0 Å². The van der Waals surface area contributed by atoms with Crippen LogP contribution < -0.4 is 5.73 Å². The number of nitrogens with two attached hydrogens (primary N) is 1. The molecule has 4 N–H and O–H groups in total. The van der Waals surface area contributed by atoms with Crippen LogP contribution in [0, 0.1) is 5.92 Å². The van der Waals surface area contributed by atoms with Crippen LogP contribution in [0.5, 0.6) is 0 Å². The van der Waals surface area contributed by atoms with Crippen molar-refractivity contribution < 1.29 is 10.2 Å². The van der Waals surface area contributed by atoms with Gasteiger partial charge < -0.3 is 15.9 Å². The van der Waals surface area contributed by atoms with Crippen LogP contribution in [0.15, 0.2) is 0 Å². The summed E-state index contributed by atoms with van der Waals surface area (Å²) < 4.78 is 0. The van der Waals surface area contributed by atoms with Crippen molar-refractivity contribution in [3.63, 3.8) is 0 Å². The van der Waals surface area contributed by atoms with Gasteiger partial charge in [0, 0.05) is 0 Å². The molecule has 1 atom stereocenters. The molecule has 0 heterocycles. The number of hydrogen-bond acceptors (Lipinski definition) is 3. The summed E-state index contributed by atoms with van der Waals surface area (Å²) in [6, 6.07) is 0. The van der Waals surface area contributed by atoms with Crippen molar-refractivity contribution in [2.45, 2.75) is 64.3 Å². The van der Waals surface area contributed by atoms with Crippen LogP contribution in [0.3, 0.4) is 0 Å². The molecule has 98 valence electrons. The number of hydrogen-bond donors (Lipinski definition) is 3. The first-order valence-electron chi connectivity index (χ1n) is 6.62. The Labute approximate surface area is 100 Å². The van der Waals surface area contributed by atoms with Gasteiger partial charge in [0.25, 0.3) is 0 Å². The molecule has 1 unspecified atom stereocenters. The fourth-order valence-electron chi connectivity index (χ4n) is 2.03. The van der Waals surface area contributed by atoms with Crippen LogP contribution >= 0.6 is 0 Å². The number of aliphatic hydroxyl groups is 2. The van der Waals surface area contributed by atoms with Crippen LogP contribution in [0.25, 0.3) is 0 Å². The number of unbranched alkanes of at least 4 members (excludes halogenated alkanes) is 1. The van der Waals surface area contributed by atoms with Crippen molar-refractivity contribution >= 4 is 0 Å². The zero-order chi connectivity index (χ0) is 12.4. The molecule has 0 saturated heterocycles. The van der Waals surface area contributed by atoms with Crippen LogP contribution in [0.2, 0.25) is 0 Å². The third kappa shape index (κ3) is 6.46. The second-order valence-corrected chi connectivity index (χ2v) is 5.01. The summed E-state index contributed by atoms with van der Waals surface area (Å²) in [6.07, 6.45) is 7.91. The maximum absolute atomic E-state index is 9.12. The molecule has 0 aromatic heterocycles. The molecular weight excluding hydrogens is 202 g/mol. The normalized spacial score (nSPS) is 14.1. The standard InChI is InChI=1S/C13H29NO2/c1-3-5-7-12(6-4-2)8-9-13(14,10-15)11-16/h12,15-16H,3-11,14H2,1-2H3. The Bertz CT molecular complexity index is 158. The van der Waals surface area contributed by atoms with Gasteiger partial charge in [-0.2, -0.15) is 0 Å². The molecule has 0 aliphatic carbocycles. The van der Waals surface area contributed by atoms with Gasteiger partial charge in [0.2, 0.25) is 0 Å². The fourth-order valence-corrected chi connectivity index (χ4v) is 2.03. The summed E-state index contributed by atoms with van der Waals surface area (Å²) in [7, 11) is 0. The largest absolute Gasteiger partial charge is 0.394 e. The smallest absolute Gasteiger partial charge is 0.0633 e. The highest BCUT2D eigenvalue weighted by atomic mass is 16.3. The molecule has 16 heavy (non-hydrogen) atoms. The van der Waals surface area contributed by atoms with Crippen molar-refractivity contribution in [3.05, 3.63) is 0 Å². The highest BCUT2D eigenvalue weighted by molar-refractivity contribution is 4.83. The molecule has 3 nitrogen and oxygen atoms in total. The highest BCUT2D eigenvalue weighted by Crippen LogP contribution is 2.23. The van der Waals surface area contributed by atoms with E-state index in [9.17, 15) is 0 Å². The maximum Gasteiger partial charge on any atom is 0.0633 e. The fraction of sp³-hybridized carbons (Fsp3) is 1.00. The van der Waals surface area contributed by atoms with Gasteiger partial charge in [-0.25, -0.2) is 0 Å². The minimum atomic E-state index is -0.780. The lowest BCUT2D eigenvalue weighted by atomic mass is 9.86. The van der Waals surface area contributed by atoms with E-state index >= 15 is 0 Å². The first-order valence-corrected chi connectivity index (χ1v) is 6.62. The van der Waals surface area contributed by atoms with Gasteiger partial charge in [0.15, 0.2) is 0 Å². The van der Waals surface area contributed by atoms with Crippen LogP contribution in [0.1, 0.15) is 58.8 Å². The zero-order valence-electron chi connectivity index (χ0n) is 10.9. The van der Waals surface area contributed by atoms with Gasteiger partial charge in [-0.1, -0.05) is 46.0 Å². The molecule has 0 aromatic carbocycles. The average Bonchev–Trinajstić information content (AvgIpc) is 2.32. The van der Waals surface area contributed by atoms with E-state index in [0.717, 1.165) is 6.42 Å². The molecule has 0 rings (SSSR count). The third-order valence-corrected chi connectivity index (χ3v) is 3.34. The Morgan fingerprint density at radius 3 is 2.06 bits per heavy atom. The Morgan fingerprint density at radius 1 is 1.00 bits per heavy atom. The van der Waals surface area contributed by atoms with Gasteiger partial charge in [-0.05, 0) is 18.8 Å². The maximum atomic E-state index is 9.12. The Morgan fingerprint density at radius 2 is 1.62 bits per heavy atom. The second-order valence-electron chi connectivity index (χ2n) is 5.01. The quantitative estimate of drug-likeness (QED) is 0.539. The lowest BCUT2D eigenvalue weighted by Gasteiger charge is -2.27. The van der Waals surface area contributed by atoms with E-state index in [1.807, 2.05) is 0 Å². The van der Waals surface area contributed by atoms with E-state index in [1.54, 1.807) is 0 Å². The minimum absolute atomic E-state index is 0.129. The molecule has 0 saturated carbocycles. The van der Waals surface area contributed by atoms with E-state index in [-0.39, 0.29) is 13.2 Å². The lowest BCUT2D eigenvalue weighted by Crippen LogP contribution is -2.47. The summed E-state index contributed by atoms with van der Waals surface area (Å²) in [6.45, 7) is 4.15. The molecule has 3 heteroatoms. The minimum Gasteiger partial charge on any atom is -0.394 e. The van der Waals surface area contributed by atoms with E-state index in [0.29, 0.717) is 12.3 Å². The average molecular weight is 231 g/mol. The molecular formula is C13H29NO2. The Hall–Kier alpha value is -0.120. The van der Waals surface area contributed by atoms with Gasteiger partial charge >= 0.3 is 0 Å². The predicted octanol–water partition coefficient (Wildman–Crippen LogP) is 2.06. The first-order chi connectivity index (χ1) is 7.61. The monoisotopic (exact) mass is 231 g/mol. The van der Waals surface area contributed by atoms with Crippen LogP contribution in [-0.2, 0) is 0 Å². The van der Waals surface area contributed by atoms with Gasteiger partial charge in [0.1, 0.15) is 0 Å². The second kappa shape index (κ2) is 8.97. The van der Waals surface area contributed by atoms with Crippen molar-refractivity contribution in [2.75, 3.05) is 13.2 Å². The van der Waals surface area contributed by atoms with Gasteiger partial charge in [0.05, 0.1) is 18.8 Å². The zero-order valence-corrected chi connectivity index (χ0v) is 10.9. The van der Waals surface area contributed by atoms with Crippen LogP contribution in [0.4, 0.5) is 0 Å². The predicted molar refractivity (Wildman–Crippen MR) is 68.2 cm³/mol. The Balaban J connectivity index is 3.98. The topological polar surface area (TPSA) is 66.5 Å². The van der Waals surface area contributed by atoms with E-state index in [1.165, 1.54) is 32.1 Å². The Kier molecular flexibility index (Phi) is 8.90. The molecule has 0 amide bonds. The summed E-state index contributed by atoms with van der Waals surface area (Å²) in [5, 5.41) is 18.2. The summed E-state index contributed by atoms with van der Waals surface area (Å²) >= 11 is 0. The van der Waals surface area contributed by atoms with E-state index in [4.69, 9.17) is 15.9 Å². The summed E-state index contributed by atoms with van der Waals surface area (Å²) in [4.78, 5) is 0.